The van der Waals surface area contributed by atoms with Crippen molar-refractivity contribution in [3.8, 4) is 0 Å². The fourth-order valence-electron chi connectivity index (χ4n) is 2.36. The third-order valence-corrected chi connectivity index (χ3v) is 4.31. The van der Waals surface area contributed by atoms with Crippen molar-refractivity contribution in [3.05, 3.63) is 92.5 Å². The van der Waals surface area contributed by atoms with Gasteiger partial charge in [-0.3, -0.25) is 25.1 Å². The van der Waals surface area contributed by atoms with Crippen LogP contribution in [0.25, 0.3) is 0 Å². The normalized spacial score (nSPS) is 9.93. The van der Waals surface area contributed by atoms with Crippen molar-refractivity contribution in [1.82, 2.24) is 15.4 Å². The van der Waals surface area contributed by atoms with Gasteiger partial charge in [0.05, 0.1) is 21.7 Å². The van der Waals surface area contributed by atoms with Gasteiger partial charge in [-0.15, -0.1) is 0 Å². The number of hydrogen-bond acceptors (Lipinski definition) is 6. The predicted octanol–water partition coefficient (Wildman–Crippen LogP) is 2.86. The second kappa shape index (κ2) is 9.74. The summed E-state index contributed by atoms with van der Waals surface area (Å²) in [5.41, 5.74) is 2.15. The van der Waals surface area contributed by atoms with Crippen molar-refractivity contribution in [2.24, 2.45) is 0 Å². The molecule has 154 valence electrons. The number of hydrazine groups is 1. The summed E-state index contributed by atoms with van der Waals surface area (Å²) in [7, 11) is 0. The third kappa shape index (κ3) is 4.87. The maximum atomic E-state index is 13.1. The number of nitro benzene ring substituents is 1. The predicted molar refractivity (Wildman–Crippen MR) is 109 cm³/mol. The number of nitro groups is 1. The van der Waals surface area contributed by atoms with E-state index in [0.717, 1.165) is 11.1 Å². The molecule has 2 aromatic heterocycles. The minimum absolute atomic E-state index is 0. The smallest absolute Gasteiger partial charge is 0.280 e. The van der Waals surface area contributed by atoms with Crippen LogP contribution in [0, 0.1) is 10.1 Å². The zero-order chi connectivity index (χ0) is 21.0. The SMILES string of the molecule is O.O=C(NN(C(=O)c1cccnc1Cl)c1cccc([N+](=O)[O-])c1)c1cccnc1Cl. The first-order valence-corrected chi connectivity index (χ1v) is 8.75. The molecule has 0 unspecified atom stereocenters. The summed E-state index contributed by atoms with van der Waals surface area (Å²) in [4.78, 5) is 43.9. The summed E-state index contributed by atoms with van der Waals surface area (Å²) in [5.74, 6) is -1.50. The number of benzene rings is 1. The van der Waals surface area contributed by atoms with Crippen molar-refractivity contribution >= 4 is 46.4 Å². The largest absolute Gasteiger partial charge is 0.412 e. The first-order chi connectivity index (χ1) is 13.9. The fourth-order valence-corrected chi connectivity index (χ4v) is 2.77. The third-order valence-electron chi connectivity index (χ3n) is 3.71. The van der Waals surface area contributed by atoms with Crippen LogP contribution in [0.1, 0.15) is 20.7 Å². The Balaban J connectivity index is 0.00000320. The highest BCUT2D eigenvalue weighted by molar-refractivity contribution is 6.34. The van der Waals surface area contributed by atoms with Crippen LogP contribution in [0.4, 0.5) is 11.4 Å². The van der Waals surface area contributed by atoms with Crippen molar-refractivity contribution in [3.63, 3.8) is 0 Å². The molecule has 0 saturated carbocycles. The molecule has 0 aliphatic rings. The van der Waals surface area contributed by atoms with E-state index in [-0.39, 0.29) is 38.3 Å². The summed E-state index contributed by atoms with van der Waals surface area (Å²) in [6, 6.07) is 11.0. The zero-order valence-electron chi connectivity index (χ0n) is 15.0. The molecule has 0 bridgehead atoms. The molecule has 30 heavy (non-hydrogen) atoms. The van der Waals surface area contributed by atoms with Crippen LogP contribution in [0.3, 0.4) is 0 Å². The van der Waals surface area contributed by atoms with Crippen LogP contribution in [-0.2, 0) is 0 Å². The lowest BCUT2D eigenvalue weighted by Crippen LogP contribution is -2.46. The van der Waals surface area contributed by atoms with Crippen LogP contribution in [0.5, 0.6) is 0 Å². The van der Waals surface area contributed by atoms with Gasteiger partial charge in [-0.1, -0.05) is 29.3 Å². The van der Waals surface area contributed by atoms with E-state index >= 15 is 0 Å². The molecule has 3 rings (SSSR count). The molecule has 0 fully saturated rings. The Morgan fingerprint density at radius 3 is 2.13 bits per heavy atom. The quantitative estimate of drug-likeness (QED) is 0.367. The number of anilines is 1. The number of nitrogens with one attached hydrogen (secondary N) is 1. The topological polar surface area (TPSA) is 150 Å². The summed E-state index contributed by atoms with van der Waals surface area (Å²) < 4.78 is 0. The van der Waals surface area contributed by atoms with Gasteiger partial charge in [0.2, 0.25) is 0 Å². The van der Waals surface area contributed by atoms with Crippen molar-refractivity contribution in [2.75, 3.05) is 5.01 Å². The first-order valence-electron chi connectivity index (χ1n) is 7.99. The number of pyridine rings is 2. The van der Waals surface area contributed by atoms with Gasteiger partial charge in [0, 0.05) is 24.5 Å². The average Bonchev–Trinajstić information content (AvgIpc) is 2.72. The molecule has 2 heterocycles. The number of carbonyl (C=O) groups is 2. The highest BCUT2D eigenvalue weighted by Gasteiger charge is 2.25. The highest BCUT2D eigenvalue weighted by atomic mass is 35.5. The lowest BCUT2D eigenvalue weighted by atomic mass is 10.2. The van der Waals surface area contributed by atoms with Crippen LogP contribution in [0.2, 0.25) is 10.3 Å². The first kappa shape index (κ1) is 22.7. The monoisotopic (exact) mass is 449 g/mol. The fraction of sp³-hybridized carbons (Fsp3) is 0. The Labute approximate surface area is 179 Å². The average molecular weight is 450 g/mol. The number of non-ortho nitro benzene ring substituents is 1. The van der Waals surface area contributed by atoms with Gasteiger partial charge in [-0.25, -0.2) is 15.0 Å². The Bertz CT molecular complexity index is 1110. The molecular weight excluding hydrogens is 437 g/mol. The van der Waals surface area contributed by atoms with Crippen molar-refractivity contribution in [1.29, 1.82) is 0 Å². The van der Waals surface area contributed by atoms with Crippen LogP contribution < -0.4 is 10.4 Å². The standard InChI is InChI=1S/C18H11Cl2N5O4.H2O/c19-15-13(6-2-8-21-15)17(26)23-24(11-4-1-5-12(10-11)25(28)29)18(27)14-7-3-9-22-16(14)20;/h1-10H,(H,23,26);1H2. The Morgan fingerprint density at radius 2 is 1.57 bits per heavy atom. The van der Waals surface area contributed by atoms with E-state index in [2.05, 4.69) is 15.4 Å². The number of halogens is 2. The van der Waals surface area contributed by atoms with Gasteiger partial charge in [0.1, 0.15) is 10.3 Å². The number of rotatable bonds is 4. The highest BCUT2D eigenvalue weighted by Crippen LogP contribution is 2.24. The van der Waals surface area contributed by atoms with E-state index in [1.807, 2.05) is 0 Å². The Hall–Kier alpha value is -3.60. The van der Waals surface area contributed by atoms with Gasteiger partial charge < -0.3 is 5.48 Å². The molecule has 12 heteroatoms. The summed E-state index contributed by atoms with van der Waals surface area (Å²) in [6.07, 6.45) is 2.79. The van der Waals surface area contributed by atoms with E-state index in [4.69, 9.17) is 23.2 Å². The minimum atomic E-state index is -0.753. The zero-order valence-corrected chi connectivity index (χ0v) is 16.5. The maximum absolute atomic E-state index is 13.1. The van der Waals surface area contributed by atoms with Gasteiger partial charge in [-0.05, 0) is 30.3 Å². The van der Waals surface area contributed by atoms with Crippen molar-refractivity contribution in [2.45, 2.75) is 0 Å². The summed E-state index contributed by atoms with van der Waals surface area (Å²) >= 11 is 11.9. The molecule has 0 radical (unpaired) electrons. The minimum Gasteiger partial charge on any atom is -0.412 e. The lowest BCUT2D eigenvalue weighted by Gasteiger charge is -2.23. The van der Waals surface area contributed by atoms with E-state index in [9.17, 15) is 19.7 Å². The van der Waals surface area contributed by atoms with E-state index in [1.54, 1.807) is 0 Å². The molecular formula is C18H13Cl2N5O5. The molecule has 2 amide bonds. The van der Waals surface area contributed by atoms with Crippen LogP contribution >= 0.6 is 23.2 Å². The number of aromatic nitrogens is 2. The number of nitrogens with zero attached hydrogens (tertiary/aromatic N) is 4. The summed E-state index contributed by atoms with van der Waals surface area (Å²) in [6.45, 7) is 0. The van der Waals surface area contributed by atoms with Gasteiger partial charge in [0.25, 0.3) is 17.5 Å². The Kier molecular flexibility index (Phi) is 7.37. The maximum Gasteiger partial charge on any atom is 0.280 e. The lowest BCUT2D eigenvalue weighted by molar-refractivity contribution is -0.384. The Morgan fingerprint density at radius 1 is 0.967 bits per heavy atom. The molecule has 3 N–H and O–H groups in total. The molecule has 0 atom stereocenters. The molecule has 0 aliphatic carbocycles. The van der Waals surface area contributed by atoms with E-state index in [1.165, 1.54) is 54.9 Å². The summed E-state index contributed by atoms with van der Waals surface area (Å²) in [5, 5.41) is 11.8. The second-order valence-electron chi connectivity index (χ2n) is 5.54. The molecule has 10 nitrogen and oxygen atoms in total. The molecule has 0 spiro atoms. The number of hydrogen-bond donors (Lipinski definition) is 1. The molecule has 0 saturated heterocycles. The number of amides is 2. The number of carbonyl (C=O) groups excluding carboxylic acids is 2. The van der Waals surface area contributed by atoms with Gasteiger partial charge in [0.15, 0.2) is 0 Å². The van der Waals surface area contributed by atoms with Crippen LogP contribution in [-0.4, -0.2) is 32.2 Å². The molecule has 3 aromatic rings. The van der Waals surface area contributed by atoms with Gasteiger partial charge in [-0.2, -0.15) is 0 Å². The van der Waals surface area contributed by atoms with E-state index < -0.39 is 16.7 Å². The second-order valence-corrected chi connectivity index (χ2v) is 6.26. The molecule has 1 aromatic carbocycles. The van der Waals surface area contributed by atoms with Crippen molar-refractivity contribution < 1.29 is 20.0 Å². The molecule has 0 aliphatic heterocycles. The van der Waals surface area contributed by atoms with Crippen LogP contribution in [0.15, 0.2) is 60.9 Å². The van der Waals surface area contributed by atoms with E-state index in [0.29, 0.717) is 0 Å². The van der Waals surface area contributed by atoms with Gasteiger partial charge >= 0.3 is 0 Å².